The Morgan fingerprint density at radius 2 is 0.875 bits per heavy atom. The minimum absolute atomic E-state index is 0.00606. The lowest BCUT2D eigenvalue weighted by atomic mass is 10.0. The van der Waals surface area contributed by atoms with Crippen molar-refractivity contribution >= 4 is 49.5 Å². The van der Waals surface area contributed by atoms with Crippen LogP contribution in [0.1, 0.15) is 11.1 Å². The topological polar surface area (TPSA) is 57.0 Å². The Bertz CT molecular complexity index is 1520. The van der Waals surface area contributed by atoms with Gasteiger partial charge in [-0.25, -0.2) is 20.0 Å². The smallest absolute Gasteiger partial charge is 0.308 e. The van der Waals surface area contributed by atoms with E-state index in [1.165, 1.54) is 12.4 Å². The Balaban J connectivity index is 1.76. The van der Waals surface area contributed by atoms with E-state index in [-0.39, 0.29) is 45.8 Å². The molecule has 2 aromatic carbocycles. The predicted octanol–water partition coefficient (Wildman–Crippen LogP) is 6.54. The van der Waals surface area contributed by atoms with Gasteiger partial charge in [0.05, 0.1) is 22.5 Å². The summed E-state index contributed by atoms with van der Waals surface area (Å²) in [7, 11) is -6.12. The Hall–Kier alpha value is -4.99. The lowest BCUT2D eigenvalue weighted by Crippen LogP contribution is -2.38. The summed E-state index contributed by atoms with van der Waals surface area (Å²) in [5.41, 5.74) is 0.993. The van der Waals surface area contributed by atoms with Crippen molar-refractivity contribution in [2.45, 2.75) is 0 Å². The minimum atomic E-state index is -3.06. The third-order valence-corrected chi connectivity index (χ3v) is 6.33. The van der Waals surface area contributed by atoms with Crippen molar-refractivity contribution in [2.75, 3.05) is 0 Å². The number of benzene rings is 2. The normalized spacial score (nSPS) is 16.8. The van der Waals surface area contributed by atoms with E-state index in [0.717, 1.165) is 9.62 Å². The molecule has 0 unspecified atom stereocenters. The highest BCUT2D eigenvalue weighted by Gasteiger charge is 2.53. The number of aliphatic imine (C=N–C) groups is 2. The zero-order valence-electron chi connectivity index (χ0n) is 20.7. The molecule has 0 saturated heterocycles. The molecule has 0 N–H and O–H groups in total. The van der Waals surface area contributed by atoms with Crippen LogP contribution in [0.2, 0.25) is 0 Å². The van der Waals surface area contributed by atoms with Gasteiger partial charge in [-0.2, -0.15) is 0 Å². The molecule has 0 atom stereocenters. The minimum Gasteiger partial charge on any atom is -0.308 e. The van der Waals surface area contributed by atoms with Gasteiger partial charge in [-0.15, -0.1) is 0 Å². The number of rotatable bonds is 6. The first-order valence-electron chi connectivity index (χ1n) is 12.3. The molecule has 0 bridgehead atoms. The molecule has 40 heavy (non-hydrogen) atoms. The third-order valence-electron chi connectivity index (χ3n) is 6.33. The van der Waals surface area contributed by atoms with E-state index in [0.29, 0.717) is 11.1 Å². The fourth-order valence-corrected chi connectivity index (χ4v) is 4.78. The van der Waals surface area contributed by atoms with Crippen LogP contribution in [0.15, 0.2) is 131 Å². The molecule has 0 amide bonds. The van der Waals surface area contributed by atoms with E-state index in [2.05, 4.69) is 20.0 Å². The molecule has 4 heterocycles. The molecular weight excluding hydrogens is 518 g/mol. The third kappa shape index (κ3) is 4.47. The van der Waals surface area contributed by atoms with Gasteiger partial charge in [-0.3, -0.25) is 17.3 Å². The summed E-state index contributed by atoms with van der Waals surface area (Å²) in [6.45, 7) is 0. The first-order chi connectivity index (χ1) is 19.5. The van der Waals surface area contributed by atoms with Crippen molar-refractivity contribution in [3.8, 4) is 0 Å². The molecule has 0 aliphatic carbocycles. The zero-order valence-corrected chi connectivity index (χ0v) is 20.7. The number of halogens is 4. The summed E-state index contributed by atoms with van der Waals surface area (Å²) in [5, 5.41) is 0. The summed E-state index contributed by atoms with van der Waals surface area (Å²) in [6, 6.07) is 26.6. The number of nitrogens with zero attached hydrogens (tertiary/aromatic N) is 6. The van der Waals surface area contributed by atoms with Gasteiger partial charge in [0.25, 0.3) is 0 Å². The van der Waals surface area contributed by atoms with Gasteiger partial charge < -0.3 is 9.62 Å². The van der Waals surface area contributed by atoms with Gasteiger partial charge in [0, 0.05) is 12.4 Å². The summed E-state index contributed by atoms with van der Waals surface area (Å²) in [4.78, 5) is 18.9. The number of pyridine rings is 2. The number of hydrogen-bond donors (Lipinski definition) is 0. The van der Waals surface area contributed by atoms with Crippen LogP contribution in [0.25, 0.3) is 11.4 Å². The quantitative estimate of drug-likeness (QED) is 0.208. The number of amidine groups is 2. The van der Waals surface area contributed by atoms with Crippen molar-refractivity contribution < 1.29 is 17.3 Å². The van der Waals surface area contributed by atoms with Gasteiger partial charge in [0.15, 0.2) is 11.6 Å². The fraction of sp³-hybridized carbons (Fsp3) is 0. The van der Waals surface area contributed by atoms with Crippen molar-refractivity contribution in [2.24, 2.45) is 9.98 Å². The highest BCUT2D eigenvalue weighted by Crippen LogP contribution is 2.49. The number of fused-ring (bicyclic) bond motifs is 1. The second kappa shape index (κ2) is 10.6. The van der Waals surface area contributed by atoms with Crippen molar-refractivity contribution in [1.82, 2.24) is 19.6 Å². The van der Waals surface area contributed by atoms with Crippen LogP contribution in [0, 0.1) is 0 Å². The second-order valence-corrected chi connectivity index (χ2v) is 8.72. The first-order valence-corrected chi connectivity index (χ1v) is 12.3. The molecule has 2 aliphatic rings. The Labute approximate surface area is 228 Å². The van der Waals surface area contributed by atoms with Crippen LogP contribution in [0.5, 0.6) is 0 Å². The second-order valence-electron chi connectivity index (χ2n) is 8.72. The Morgan fingerprint density at radius 3 is 1.20 bits per heavy atom. The van der Waals surface area contributed by atoms with Crippen LogP contribution < -0.4 is 0 Å². The molecule has 2 aliphatic heterocycles. The molecule has 0 fully saturated rings. The standard InChI is InChI=1S/C28H18B2F4N6/c31-29(32)39-25(19-11-3-1-4-12-19)23-24(28(39)38-22-16-8-10-18-36-22)26(20-13-5-2-6-14-20)40(30(33)34)27(23)37-21-15-7-9-17-35-21/h1-18H/b37-27-,38-28-. The van der Waals surface area contributed by atoms with Gasteiger partial charge in [-0.1, -0.05) is 72.8 Å². The molecule has 0 radical (unpaired) electrons. The molecular formula is C28H18B2F4N6. The van der Waals surface area contributed by atoms with Crippen LogP contribution in [-0.2, 0) is 0 Å². The molecule has 6 rings (SSSR count). The highest BCUT2D eigenvalue weighted by molar-refractivity contribution is 6.56. The molecule has 6 nitrogen and oxygen atoms in total. The Morgan fingerprint density at radius 1 is 0.500 bits per heavy atom. The molecule has 0 spiro atoms. The lowest BCUT2D eigenvalue weighted by Gasteiger charge is -2.26. The van der Waals surface area contributed by atoms with E-state index in [1.807, 2.05) is 0 Å². The first kappa shape index (κ1) is 25.3. The number of aromatic nitrogens is 2. The summed E-state index contributed by atoms with van der Waals surface area (Å²) in [5.74, 6) is -0.123. The summed E-state index contributed by atoms with van der Waals surface area (Å²) < 4.78 is 60.1. The average molecular weight is 536 g/mol. The molecule has 4 aromatic rings. The molecule has 194 valence electrons. The molecule has 12 heteroatoms. The van der Waals surface area contributed by atoms with Crippen LogP contribution in [0.4, 0.5) is 28.9 Å². The maximum absolute atomic E-state index is 15.0. The zero-order chi connectivity index (χ0) is 27.6. The van der Waals surface area contributed by atoms with E-state index in [4.69, 9.17) is 0 Å². The summed E-state index contributed by atoms with van der Waals surface area (Å²) in [6.07, 6.45) is 2.96. The van der Waals surface area contributed by atoms with Gasteiger partial charge in [0.2, 0.25) is 0 Å². The van der Waals surface area contributed by atoms with Gasteiger partial charge in [0.1, 0.15) is 11.7 Å². The van der Waals surface area contributed by atoms with Gasteiger partial charge >= 0.3 is 14.8 Å². The van der Waals surface area contributed by atoms with E-state index >= 15 is 17.3 Å². The van der Waals surface area contributed by atoms with Crippen LogP contribution in [-0.4, -0.2) is 46.1 Å². The maximum atomic E-state index is 15.0. The average Bonchev–Trinajstić information content (AvgIpc) is 3.48. The van der Waals surface area contributed by atoms with E-state index in [9.17, 15) is 0 Å². The van der Waals surface area contributed by atoms with E-state index < -0.39 is 14.8 Å². The largest absolute Gasteiger partial charge is 0.679 e. The fourth-order valence-electron chi connectivity index (χ4n) is 4.78. The van der Waals surface area contributed by atoms with Crippen molar-refractivity contribution in [3.05, 3.63) is 132 Å². The molecule has 2 aromatic heterocycles. The lowest BCUT2D eigenvalue weighted by molar-refractivity contribution is 0.569. The highest BCUT2D eigenvalue weighted by atomic mass is 19.2. The van der Waals surface area contributed by atoms with Crippen LogP contribution in [0.3, 0.4) is 0 Å². The monoisotopic (exact) mass is 536 g/mol. The summed E-state index contributed by atoms with van der Waals surface area (Å²) >= 11 is 0. The SMILES string of the molecule is FB(F)N1C(c2ccccc2)=C2C(=C(c3ccccc3)N(B(F)F)/C2=N\c2ccccn2)/C1=N/c1ccccn1. The Kier molecular flexibility index (Phi) is 6.73. The van der Waals surface area contributed by atoms with Crippen molar-refractivity contribution in [1.29, 1.82) is 0 Å². The van der Waals surface area contributed by atoms with Crippen molar-refractivity contribution in [3.63, 3.8) is 0 Å². The maximum Gasteiger partial charge on any atom is 0.679 e. The molecule has 0 saturated carbocycles. The predicted molar refractivity (Wildman–Crippen MR) is 149 cm³/mol. The van der Waals surface area contributed by atoms with Gasteiger partial charge in [-0.05, 0) is 35.4 Å². The van der Waals surface area contributed by atoms with E-state index in [1.54, 1.807) is 97.1 Å². The number of hydrogen-bond acceptors (Lipinski definition) is 4. The van der Waals surface area contributed by atoms with Crippen LogP contribution >= 0.6 is 0 Å².